The third-order valence-electron chi connectivity index (χ3n) is 3.45. The number of rotatable bonds is 8. The molecule has 0 heterocycles. The molecule has 0 saturated carbocycles. The van der Waals surface area contributed by atoms with Crippen LogP contribution in [0.15, 0.2) is 24.3 Å². The lowest BCUT2D eigenvalue weighted by Gasteiger charge is -2.15. The summed E-state index contributed by atoms with van der Waals surface area (Å²) in [5, 5.41) is 7.67. The van der Waals surface area contributed by atoms with E-state index in [2.05, 4.69) is 41.9 Å². The summed E-state index contributed by atoms with van der Waals surface area (Å²) in [6.07, 6.45) is 1.03. The van der Waals surface area contributed by atoms with Crippen LogP contribution in [0.2, 0.25) is 0 Å². The molecule has 1 aromatic carbocycles. The van der Waals surface area contributed by atoms with Crippen molar-refractivity contribution >= 4 is 17.7 Å². The van der Waals surface area contributed by atoms with Gasteiger partial charge in [-0.15, -0.1) is 0 Å². The topological polar surface area (TPSA) is 87.3 Å². The van der Waals surface area contributed by atoms with Gasteiger partial charge in [0.15, 0.2) is 0 Å². The molecule has 0 bridgehead atoms. The third-order valence-corrected chi connectivity index (χ3v) is 3.45. The molecular formula is C18H27N3O3. The Labute approximate surface area is 143 Å². The van der Waals surface area contributed by atoms with Crippen molar-refractivity contribution in [2.75, 3.05) is 13.1 Å². The van der Waals surface area contributed by atoms with Gasteiger partial charge in [-0.2, -0.15) is 0 Å². The average Bonchev–Trinajstić information content (AvgIpc) is 2.51. The summed E-state index contributed by atoms with van der Waals surface area (Å²) >= 11 is 0. The van der Waals surface area contributed by atoms with Crippen LogP contribution in [0, 0.1) is 5.92 Å². The molecule has 1 atom stereocenters. The van der Waals surface area contributed by atoms with Crippen molar-refractivity contribution < 1.29 is 14.4 Å². The van der Waals surface area contributed by atoms with Crippen molar-refractivity contribution in [3.05, 3.63) is 35.4 Å². The Morgan fingerprint density at radius 3 is 2.04 bits per heavy atom. The molecule has 6 nitrogen and oxygen atoms in total. The lowest BCUT2D eigenvalue weighted by Crippen LogP contribution is -2.42. The van der Waals surface area contributed by atoms with E-state index in [-0.39, 0.29) is 30.9 Å². The normalized spacial score (nSPS) is 11.7. The molecular weight excluding hydrogens is 306 g/mol. The van der Waals surface area contributed by atoms with Gasteiger partial charge in [-0.05, 0) is 30.4 Å². The fraction of sp³-hybridized carbons (Fsp3) is 0.500. The first kappa shape index (κ1) is 19.7. The molecule has 1 rings (SSSR count). The Bertz CT molecular complexity index is 567. The summed E-state index contributed by atoms with van der Waals surface area (Å²) < 4.78 is 0. The van der Waals surface area contributed by atoms with Crippen LogP contribution in [0.3, 0.4) is 0 Å². The van der Waals surface area contributed by atoms with Crippen LogP contribution in [0.25, 0.3) is 0 Å². The Morgan fingerprint density at radius 2 is 1.50 bits per heavy atom. The van der Waals surface area contributed by atoms with Gasteiger partial charge in [0.2, 0.25) is 17.7 Å². The zero-order chi connectivity index (χ0) is 18.1. The van der Waals surface area contributed by atoms with Crippen molar-refractivity contribution in [3.63, 3.8) is 0 Å². The van der Waals surface area contributed by atoms with E-state index in [9.17, 15) is 14.4 Å². The minimum atomic E-state index is -0.397. The minimum absolute atomic E-state index is 0.117. The lowest BCUT2D eigenvalue weighted by atomic mass is 10.00. The number of hydrogen-bond donors (Lipinski definition) is 3. The Morgan fingerprint density at radius 1 is 0.917 bits per heavy atom. The van der Waals surface area contributed by atoms with Crippen molar-refractivity contribution in [1.82, 2.24) is 16.0 Å². The smallest absolute Gasteiger partial charge is 0.239 e. The van der Waals surface area contributed by atoms with E-state index in [1.165, 1.54) is 12.5 Å². The van der Waals surface area contributed by atoms with Crippen LogP contribution in [0.5, 0.6) is 0 Å². The Kier molecular flexibility index (Phi) is 7.95. The number of hydrogen-bond acceptors (Lipinski definition) is 3. The van der Waals surface area contributed by atoms with Crippen molar-refractivity contribution in [1.29, 1.82) is 0 Å². The van der Waals surface area contributed by atoms with Gasteiger partial charge in [0.25, 0.3) is 0 Å². The average molecular weight is 333 g/mol. The summed E-state index contributed by atoms with van der Waals surface area (Å²) in [7, 11) is 0. The number of amides is 3. The van der Waals surface area contributed by atoms with E-state index >= 15 is 0 Å². The monoisotopic (exact) mass is 333 g/mol. The molecule has 3 N–H and O–H groups in total. The van der Waals surface area contributed by atoms with Gasteiger partial charge >= 0.3 is 0 Å². The zero-order valence-electron chi connectivity index (χ0n) is 14.8. The number of benzene rings is 1. The molecule has 0 aliphatic rings. The maximum atomic E-state index is 11.9. The van der Waals surface area contributed by atoms with E-state index < -0.39 is 5.91 Å². The quantitative estimate of drug-likeness (QED) is 0.670. The molecule has 0 aliphatic heterocycles. The molecule has 24 heavy (non-hydrogen) atoms. The predicted octanol–water partition coefficient (Wildman–Crippen LogP) is 1.31. The van der Waals surface area contributed by atoms with E-state index in [0.29, 0.717) is 5.92 Å². The number of carbonyl (C=O) groups excluding carboxylic acids is 3. The fourth-order valence-electron chi connectivity index (χ4n) is 2.24. The predicted molar refractivity (Wildman–Crippen MR) is 93.2 cm³/mol. The number of nitrogens with one attached hydrogen (secondary N) is 3. The van der Waals surface area contributed by atoms with Gasteiger partial charge in [0, 0.05) is 6.92 Å². The zero-order valence-corrected chi connectivity index (χ0v) is 14.8. The van der Waals surface area contributed by atoms with Crippen LogP contribution in [-0.2, 0) is 20.8 Å². The largest absolute Gasteiger partial charge is 0.348 e. The lowest BCUT2D eigenvalue weighted by molar-refractivity contribution is -0.127. The first-order valence-electron chi connectivity index (χ1n) is 8.17. The van der Waals surface area contributed by atoms with Crippen molar-refractivity contribution in [2.24, 2.45) is 5.92 Å². The third kappa shape index (κ3) is 7.76. The van der Waals surface area contributed by atoms with Crippen LogP contribution < -0.4 is 16.0 Å². The second kappa shape index (κ2) is 9.70. The second-order valence-corrected chi connectivity index (χ2v) is 6.32. The van der Waals surface area contributed by atoms with Crippen molar-refractivity contribution in [2.45, 2.75) is 40.2 Å². The molecule has 1 aromatic rings. The highest BCUT2D eigenvalue weighted by Crippen LogP contribution is 2.15. The molecule has 0 saturated heterocycles. The Balaban J connectivity index is 2.40. The first-order valence-corrected chi connectivity index (χ1v) is 8.17. The summed E-state index contributed by atoms with van der Waals surface area (Å²) in [5.41, 5.74) is 2.29. The molecule has 0 radical (unpaired) electrons. The molecule has 0 aromatic heterocycles. The van der Waals surface area contributed by atoms with Gasteiger partial charge in [0.05, 0.1) is 19.1 Å². The Hall–Kier alpha value is -2.37. The van der Waals surface area contributed by atoms with Gasteiger partial charge in [-0.3, -0.25) is 14.4 Å². The summed E-state index contributed by atoms with van der Waals surface area (Å²) in [6.45, 7) is 7.33. The molecule has 3 amide bonds. The summed E-state index contributed by atoms with van der Waals surface area (Å²) in [5.74, 6) is -0.353. The first-order chi connectivity index (χ1) is 11.3. The van der Waals surface area contributed by atoms with Gasteiger partial charge in [0.1, 0.15) is 0 Å². The van der Waals surface area contributed by atoms with E-state index in [4.69, 9.17) is 0 Å². The van der Waals surface area contributed by atoms with E-state index in [0.717, 1.165) is 12.0 Å². The highest BCUT2D eigenvalue weighted by atomic mass is 16.2. The molecule has 132 valence electrons. The van der Waals surface area contributed by atoms with Crippen LogP contribution in [0.1, 0.15) is 44.9 Å². The van der Waals surface area contributed by atoms with E-state index in [1.54, 1.807) is 0 Å². The molecule has 6 heteroatoms. The molecule has 0 fully saturated rings. The molecule has 0 unspecified atom stereocenters. The highest BCUT2D eigenvalue weighted by Gasteiger charge is 2.11. The van der Waals surface area contributed by atoms with Gasteiger partial charge in [-0.25, -0.2) is 0 Å². The van der Waals surface area contributed by atoms with E-state index in [1.807, 2.05) is 19.1 Å². The fourth-order valence-corrected chi connectivity index (χ4v) is 2.24. The SMILES string of the molecule is CC(=O)NCC(=O)NCC(=O)N[C@H](C)c1ccc(CC(C)C)cc1. The maximum Gasteiger partial charge on any atom is 0.239 e. The van der Waals surface area contributed by atoms with Gasteiger partial charge < -0.3 is 16.0 Å². The van der Waals surface area contributed by atoms with Crippen LogP contribution in [-0.4, -0.2) is 30.8 Å². The molecule has 0 aliphatic carbocycles. The molecule has 0 spiro atoms. The summed E-state index contributed by atoms with van der Waals surface area (Å²) in [4.78, 5) is 34.0. The minimum Gasteiger partial charge on any atom is -0.348 e. The van der Waals surface area contributed by atoms with Crippen molar-refractivity contribution in [3.8, 4) is 0 Å². The highest BCUT2D eigenvalue weighted by molar-refractivity contribution is 5.87. The summed E-state index contributed by atoms with van der Waals surface area (Å²) in [6, 6.07) is 8.04. The second-order valence-electron chi connectivity index (χ2n) is 6.32. The maximum absolute atomic E-state index is 11.9. The number of carbonyl (C=O) groups is 3. The van der Waals surface area contributed by atoms with Crippen LogP contribution in [0.4, 0.5) is 0 Å². The standard InChI is InChI=1S/C18H27N3O3/c1-12(2)9-15-5-7-16(8-6-15)13(3)21-18(24)11-20-17(23)10-19-14(4)22/h5-8,12-13H,9-11H2,1-4H3,(H,19,22)(H,20,23)(H,21,24)/t13-/m1/s1. The van der Waals surface area contributed by atoms with Gasteiger partial charge in [-0.1, -0.05) is 38.1 Å². The van der Waals surface area contributed by atoms with Crippen LogP contribution >= 0.6 is 0 Å².